The minimum Gasteiger partial charge on any atom is -0.383 e. The molecular formula is C18H29N3O3. The molecule has 24 heavy (non-hydrogen) atoms. The number of carbonyl (C=O) groups excluding carboxylic acids is 2. The molecule has 0 saturated carbocycles. The Balaban J connectivity index is 2.50. The molecule has 0 unspecified atom stereocenters. The quantitative estimate of drug-likeness (QED) is 0.608. The monoisotopic (exact) mass is 335 g/mol. The second-order valence-electron chi connectivity index (χ2n) is 5.65. The molecule has 1 rings (SSSR count). The number of rotatable bonds is 11. The number of methoxy groups -OCH3 is 1. The zero-order chi connectivity index (χ0) is 17.8. The van der Waals surface area contributed by atoms with Crippen molar-refractivity contribution in [2.75, 3.05) is 45.2 Å². The predicted molar refractivity (Wildman–Crippen MR) is 96.3 cm³/mol. The molecule has 0 bridgehead atoms. The number of benzene rings is 1. The summed E-state index contributed by atoms with van der Waals surface area (Å²) in [4.78, 5) is 26.1. The number of amides is 2. The van der Waals surface area contributed by atoms with Crippen molar-refractivity contribution < 1.29 is 14.3 Å². The lowest BCUT2D eigenvalue weighted by Gasteiger charge is -2.20. The number of hydrogen-bond donors (Lipinski definition) is 2. The smallest absolute Gasteiger partial charge is 0.251 e. The lowest BCUT2D eigenvalue weighted by Crippen LogP contribution is -2.34. The van der Waals surface area contributed by atoms with E-state index in [2.05, 4.69) is 29.4 Å². The fourth-order valence-corrected chi connectivity index (χ4v) is 2.38. The molecule has 0 saturated heterocycles. The van der Waals surface area contributed by atoms with Crippen LogP contribution in [0.2, 0.25) is 0 Å². The van der Waals surface area contributed by atoms with Gasteiger partial charge in [0.1, 0.15) is 0 Å². The van der Waals surface area contributed by atoms with Crippen molar-refractivity contribution >= 4 is 17.5 Å². The maximum Gasteiger partial charge on any atom is 0.251 e. The summed E-state index contributed by atoms with van der Waals surface area (Å²) in [6, 6.07) is 6.89. The van der Waals surface area contributed by atoms with Gasteiger partial charge in [-0.1, -0.05) is 13.8 Å². The van der Waals surface area contributed by atoms with Crippen LogP contribution < -0.4 is 10.6 Å². The molecule has 2 amide bonds. The average Bonchev–Trinajstić information content (AvgIpc) is 2.56. The molecule has 0 aliphatic rings. The van der Waals surface area contributed by atoms with Crippen LogP contribution in [-0.4, -0.2) is 56.6 Å². The van der Waals surface area contributed by atoms with Gasteiger partial charge < -0.3 is 15.4 Å². The first-order valence-corrected chi connectivity index (χ1v) is 8.50. The Morgan fingerprint density at radius 2 is 1.71 bits per heavy atom. The fraction of sp³-hybridized carbons (Fsp3) is 0.556. The Bertz CT molecular complexity index is 497. The van der Waals surface area contributed by atoms with E-state index < -0.39 is 0 Å². The molecule has 0 atom stereocenters. The third-order valence-corrected chi connectivity index (χ3v) is 3.47. The minimum absolute atomic E-state index is 0.0332. The van der Waals surface area contributed by atoms with Crippen molar-refractivity contribution in [3.8, 4) is 0 Å². The number of ether oxygens (including phenoxy) is 1. The summed E-state index contributed by atoms with van der Waals surface area (Å²) in [7, 11) is 1.59. The van der Waals surface area contributed by atoms with Gasteiger partial charge in [0.2, 0.25) is 5.91 Å². The van der Waals surface area contributed by atoms with E-state index in [4.69, 9.17) is 4.74 Å². The highest BCUT2D eigenvalue weighted by Gasteiger charge is 2.10. The highest BCUT2D eigenvalue weighted by atomic mass is 16.5. The summed E-state index contributed by atoms with van der Waals surface area (Å²) in [5.74, 6) is -0.184. The molecular weight excluding hydrogens is 306 g/mol. The van der Waals surface area contributed by atoms with E-state index in [1.165, 1.54) is 0 Å². The highest BCUT2D eigenvalue weighted by Crippen LogP contribution is 2.10. The van der Waals surface area contributed by atoms with Crippen LogP contribution in [0.1, 0.15) is 37.0 Å². The van der Waals surface area contributed by atoms with Gasteiger partial charge in [-0.2, -0.15) is 0 Å². The first-order valence-electron chi connectivity index (χ1n) is 8.50. The summed E-state index contributed by atoms with van der Waals surface area (Å²) in [5, 5.41) is 5.63. The Morgan fingerprint density at radius 3 is 2.25 bits per heavy atom. The minimum atomic E-state index is -0.151. The zero-order valence-corrected chi connectivity index (χ0v) is 14.9. The molecule has 0 spiro atoms. The van der Waals surface area contributed by atoms with Crippen molar-refractivity contribution in [2.24, 2.45) is 0 Å². The molecule has 1 aromatic rings. The number of hydrogen-bond acceptors (Lipinski definition) is 4. The lowest BCUT2D eigenvalue weighted by atomic mass is 10.2. The Hall–Kier alpha value is -1.92. The molecule has 134 valence electrons. The highest BCUT2D eigenvalue weighted by molar-refractivity contribution is 5.96. The van der Waals surface area contributed by atoms with Gasteiger partial charge in [-0.3, -0.25) is 14.5 Å². The number of carbonyl (C=O) groups is 2. The summed E-state index contributed by atoms with van der Waals surface area (Å²) in [5.41, 5.74) is 1.25. The number of nitrogens with one attached hydrogen (secondary N) is 2. The maximum atomic E-state index is 12.1. The van der Waals surface area contributed by atoms with E-state index in [9.17, 15) is 9.59 Å². The SMILES string of the molecule is CCCN(CCC)CC(=O)Nc1ccc(C(=O)NCCOC)cc1. The molecule has 0 aliphatic heterocycles. The largest absolute Gasteiger partial charge is 0.383 e. The second-order valence-corrected chi connectivity index (χ2v) is 5.65. The molecule has 6 nitrogen and oxygen atoms in total. The number of anilines is 1. The standard InChI is InChI=1S/C18H29N3O3/c1-4-11-21(12-5-2)14-17(22)20-16-8-6-15(7-9-16)18(23)19-10-13-24-3/h6-9H,4-5,10-14H2,1-3H3,(H,19,23)(H,20,22). The van der Waals surface area contributed by atoms with E-state index in [1.807, 2.05) is 0 Å². The normalized spacial score (nSPS) is 10.7. The van der Waals surface area contributed by atoms with Gasteiger partial charge in [-0.05, 0) is 50.2 Å². The van der Waals surface area contributed by atoms with Gasteiger partial charge in [0.25, 0.3) is 5.91 Å². The molecule has 0 fully saturated rings. The summed E-state index contributed by atoms with van der Waals surface area (Å²) >= 11 is 0. The fourth-order valence-electron chi connectivity index (χ4n) is 2.38. The summed E-state index contributed by atoms with van der Waals surface area (Å²) in [6.45, 7) is 7.39. The van der Waals surface area contributed by atoms with Crippen molar-refractivity contribution in [1.29, 1.82) is 0 Å². The average molecular weight is 335 g/mol. The topological polar surface area (TPSA) is 70.7 Å². The van der Waals surface area contributed by atoms with Gasteiger partial charge in [-0.15, -0.1) is 0 Å². The molecule has 0 radical (unpaired) electrons. The van der Waals surface area contributed by atoms with Crippen LogP contribution in [0, 0.1) is 0 Å². The molecule has 1 aromatic carbocycles. The van der Waals surface area contributed by atoms with E-state index in [-0.39, 0.29) is 11.8 Å². The van der Waals surface area contributed by atoms with Crippen LogP contribution in [0.25, 0.3) is 0 Å². The van der Waals surface area contributed by atoms with E-state index in [0.29, 0.717) is 30.9 Å². The zero-order valence-electron chi connectivity index (χ0n) is 14.9. The number of nitrogens with zero attached hydrogens (tertiary/aromatic N) is 1. The van der Waals surface area contributed by atoms with Crippen LogP contribution in [0.5, 0.6) is 0 Å². The van der Waals surface area contributed by atoms with E-state index in [1.54, 1.807) is 31.4 Å². The molecule has 0 aliphatic carbocycles. The summed E-state index contributed by atoms with van der Waals surface area (Å²) < 4.78 is 4.89. The van der Waals surface area contributed by atoms with Crippen molar-refractivity contribution in [3.05, 3.63) is 29.8 Å². The predicted octanol–water partition coefficient (Wildman–Crippen LogP) is 2.12. The van der Waals surface area contributed by atoms with Gasteiger partial charge in [0.05, 0.1) is 13.2 Å². The molecule has 0 aromatic heterocycles. The third-order valence-electron chi connectivity index (χ3n) is 3.47. The van der Waals surface area contributed by atoms with E-state index in [0.717, 1.165) is 25.9 Å². The van der Waals surface area contributed by atoms with Gasteiger partial charge in [0, 0.05) is 24.9 Å². The lowest BCUT2D eigenvalue weighted by molar-refractivity contribution is -0.117. The van der Waals surface area contributed by atoms with Gasteiger partial charge in [0.15, 0.2) is 0 Å². The Morgan fingerprint density at radius 1 is 1.08 bits per heavy atom. The first-order chi connectivity index (χ1) is 11.6. The first kappa shape index (κ1) is 20.1. The Labute approximate surface area is 144 Å². The molecule has 6 heteroatoms. The van der Waals surface area contributed by atoms with Crippen LogP contribution in [0.3, 0.4) is 0 Å². The van der Waals surface area contributed by atoms with Crippen LogP contribution in [0.15, 0.2) is 24.3 Å². The van der Waals surface area contributed by atoms with E-state index >= 15 is 0 Å². The second kappa shape index (κ2) is 11.6. The van der Waals surface area contributed by atoms with Crippen molar-refractivity contribution in [2.45, 2.75) is 26.7 Å². The van der Waals surface area contributed by atoms with Crippen LogP contribution in [-0.2, 0) is 9.53 Å². The Kier molecular flexibility index (Phi) is 9.72. The van der Waals surface area contributed by atoms with Gasteiger partial charge >= 0.3 is 0 Å². The third kappa shape index (κ3) is 7.57. The van der Waals surface area contributed by atoms with Gasteiger partial charge in [-0.25, -0.2) is 0 Å². The molecule has 0 heterocycles. The maximum absolute atomic E-state index is 12.1. The summed E-state index contributed by atoms with van der Waals surface area (Å²) in [6.07, 6.45) is 2.06. The van der Waals surface area contributed by atoms with Crippen molar-refractivity contribution in [3.63, 3.8) is 0 Å². The van der Waals surface area contributed by atoms with Crippen LogP contribution in [0.4, 0.5) is 5.69 Å². The molecule has 2 N–H and O–H groups in total. The van der Waals surface area contributed by atoms with Crippen molar-refractivity contribution in [1.82, 2.24) is 10.2 Å². The van der Waals surface area contributed by atoms with Crippen LogP contribution >= 0.6 is 0 Å².